The first-order valence-electron chi connectivity index (χ1n) is 6.58. The molecule has 0 amide bonds. The van der Waals surface area contributed by atoms with Gasteiger partial charge in [0.25, 0.3) is 0 Å². The van der Waals surface area contributed by atoms with Crippen LogP contribution in [0.25, 0.3) is 0 Å². The monoisotopic (exact) mass is 233 g/mol. The molecular formula is C14H23N3. The smallest absolute Gasteiger partial charge is 0.0570 e. The quantitative estimate of drug-likeness (QED) is 0.863. The van der Waals surface area contributed by atoms with Crippen molar-refractivity contribution in [3.63, 3.8) is 0 Å². The number of hydrogen-bond acceptors (Lipinski definition) is 3. The molecule has 17 heavy (non-hydrogen) atoms. The van der Waals surface area contributed by atoms with Crippen LogP contribution in [0.2, 0.25) is 0 Å². The maximum atomic E-state index is 4.38. The number of likely N-dealkylation sites (tertiary alicyclic amines) is 1. The van der Waals surface area contributed by atoms with Gasteiger partial charge in [0, 0.05) is 18.8 Å². The van der Waals surface area contributed by atoms with Crippen LogP contribution in [0, 0.1) is 5.92 Å². The molecule has 0 saturated carbocycles. The second-order valence-corrected chi connectivity index (χ2v) is 5.16. The molecule has 0 aromatic carbocycles. The summed E-state index contributed by atoms with van der Waals surface area (Å²) in [5, 5.41) is 3.60. The van der Waals surface area contributed by atoms with Crippen molar-refractivity contribution in [3.8, 4) is 0 Å². The van der Waals surface area contributed by atoms with Gasteiger partial charge in [-0.3, -0.25) is 4.98 Å². The lowest BCUT2D eigenvalue weighted by Gasteiger charge is -2.30. The molecule has 1 aromatic rings. The fourth-order valence-corrected chi connectivity index (χ4v) is 2.52. The predicted octanol–water partition coefficient (Wildman–Crippen LogP) is 2.07. The summed E-state index contributed by atoms with van der Waals surface area (Å²) in [4.78, 5) is 6.82. The van der Waals surface area contributed by atoms with E-state index in [1.54, 1.807) is 0 Å². The third kappa shape index (κ3) is 3.79. The molecule has 1 N–H and O–H groups in total. The molecular weight excluding hydrogens is 210 g/mol. The molecule has 2 rings (SSSR count). The van der Waals surface area contributed by atoms with Gasteiger partial charge in [0.05, 0.1) is 5.69 Å². The van der Waals surface area contributed by atoms with E-state index < -0.39 is 0 Å². The Morgan fingerprint density at radius 1 is 1.53 bits per heavy atom. The molecule has 1 aromatic heterocycles. The number of hydrogen-bond donors (Lipinski definition) is 1. The molecule has 1 aliphatic heterocycles. The Hall–Kier alpha value is -0.930. The van der Waals surface area contributed by atoms with Crippen molar-refractivity contribution in [2.75, 3.05) is 26.7 Å². The van der Waals surface area contributed by atoms with E-state index in [-0.39, 0.29) is 0 Å². The lowest BCUT2D eigenvalue weighted by Crippen LogP contribution is -2.38. The Bertz CT molecular complexity index is 325. The summed E-state index contributed by atoms with van der Waals surface area (Å²) >= 11 is 0. The van der Waals surface area contributed by atoms with Crippen LogP contribution in [-0.4, -0.2) is 36.6 Å². The number of aromatic nitrogens is 1. The topological polar surface area (TPSA) is 28.2 Å². The standard InChI is InChI=1S/C14H23N3/c1-12(14-7-3-4-8-15-14)16-10-13-6-5-9-17(2)11-13/h3-4,7-8,12-13,16H,5-6,9-11H2,1-2H3/t12-,13+/m0/s1. The van der Waals surface area contributed by atoms with Gasteiger partial charge in [-0.25, -0.2) is 0 Å². The predicted molar refractivity (Wildman–Crippen MR) is 70.9 cm³/mol. The Labute approximate surface area is 104 Å². The van der Waals surface area contributed by atoms with E-state index in [0.29, 0.717) is 6.04 Å². The molecule has 2 atom stereocenters. The molecule has 94 valence electrons. The van der Waals surface area contributed by atoms with Crippen LogP contribution >= 0.6 is 0 Å². The maximum absolute atomic E-state index is 4.38. The lowest BCUT2D eigenvalue weighted by molar-refractivity contribution is 0.203. The minimum atomic E-state index is 0.350. The zero-order valence-corrected chi connectivity index (χ0v) is 10.9. The molecule has 1 saturated heterocycles. The van der Waals surface area contributed by atoms with Crippen LogP contribution in [0.1, 0.15) is 31.5 Å². The summed E-state index contributed by atoms with van der Waals surface area (Å²) in [5.41, 5.74) is 1.14. The number of piperidine rings is 1. The first-order valence-corrected chi connectivity index (χ1v) is 6.58. The third-order valence-corrected chi connectivity index (χ3v) is 3.57. The number of rotatable bonds is 4. The minimum absolute atomic E-state index is 0.350. The molecule has 0 bridgehead atoms. The van der Waals surface area contributed by atoms with Crippen molar-refractivity contribution in [1.82, 2.24) is 15.2 Å². The summed E-state index contributed by atoms with van der Waals surface area (Å²) < 4.78 is 0. The molecule has 0 spiro atoms. The summed E-state index contributed by atoms with van der Waals surface area (Å²) in [5.74, 6) is 0.792. The van der Waals surface area contributed by atoms with Gasteiger partial charge in [0.2, 0.25) is 0 Å². The van der Waals surface area contributed by atoms with Crippen molar-refractivity contribution in [2.24, 2.45) is 5.92 Å². The van der Waals surface area contributed by atoms with E-state index in [1.807, 2.05) is 12.3 Å². The molecule has 0 unspecified atom stereocenters. The molecule has 0 radical (unpaired) electrons. The van der Waals surface area contributed by atoms with Crippen LogP contribution in [0.3, 0.4) is 0 Å². The van der Waals surface area contributed by atoms with E-state index in [9.17, 15) is 0 Å². The molecule has 2 heterocycles. The Kier molecular flexibility index (Phi) is 4.51. The first kappa shape index (κ1) is 12.5. The minimum Gasteiger partial charge on any atom is -0.309 e. The highest BCUT2D eigenvalue weighted by atomic mass is 15.1. The van der Waals surface area contributed by atoms with E-state index >= 15 is 0 Å². The first-order chi connectivity index (χ1) is 8.25. The van der Waals surface area contributed by atoms with Crippen molar-refractivity contribution < 1.29 is 0 Å². The zero-order chi connectivity index (χ0) is 12.1. The van der Waals surface area contributed by atoms with E-state index in [2.05, 4.69) is 41.3 Å². The maximum Gasteiger partial charge on any atom is 0.0570 e. The van der Waals surface area contributed by atoms with E-state index in [1.165, 1.54) is 25.9 Å². The highest BCUT2D eigenvalue weighted by Crippen LogP contribution is 2.16. The number of nitrogens with zero attached hydrogens (tertiary/aromatic N) is 2. The van der Waals surface area contributed by atoms with Gasteiger partial charge in [-0.15, -0.1) is 0 Å². The highest BCUT2D eigenvalue weighted by molar-refractivity contribution is 5.07. The number of pyridine rings is 1. The van der Waals surface area contributed by atoms with Crippen molar-refractivity contribution >= 4 is 0 Å². The van der Waals surface area contributed by atoms with Crippen LogP contribution in [0.5, 0.6) is 0 Å². The fourth-order valence-electron chi connectivity index (χ4n) is 2.52. The third-order valence-electron chi connectivity index (χ3n) is 3.57. The summed E-state index contributed by atoms with van der Waals surface area (Å²) in [6.45, 7) is 5.77. The lowest BCUT2D eigenvalue weighted by atomic mass is 9.98. The van der Waals surface area contributed by atoms with Gasteiger partial charge in [0.15, 0.2) is 0 Å². The normalized spacial score (nSPS) is 23.5. The van der Waals surface area contributed by atoms with Crippen molar-refractivity contribution in [1.29, 1.82) is 0 Å². The van der Waals surface area contributed by atoms with Gasteiger partial charge < -0.3 is 10.2 Å². The zero-order valence-electron chi connectivity index (χ0n) is 10.9. The van der Waals surface area contributed by atoms with Gasteiger partial charge >= 0.3 is 0 Å². The second-order valence-electron chi connectivity index (χ2n) is 5.16. The molecule has 3 nitrogen and oxygen atoms in total. The Morgan fingerprint density at radius 2 is 2.41 bits per heavy atom. The van der Waals surface area contributed by atoms with Gasteiger partial charge in [-0.05, 0) is 58.0 Å². The van der Waals surface area contributed by atoms with Crippen molar-refractivity contribution in [3.05, 3.63) is 30.1 Å². The van der Waals surface area contributed by atoms with Crippen molar-refractivity contribution in [2.45, 2.75) is 25.8 Å². The van der Waals surface area contributed by atoms with Gasteiger partial charge in [-0.1, -0.05) is 6.07 Å². The van der Waals surface area contributed by atoms with Crippen LogP contribution in [0.4, 0.5) is 0 Å². The highest BCUT2D eigenvalue weighted by Gasteiger charge is 2.17. The Morgan fingerprint density at radius 3 is 3.12 bits per heavy atom. The molecule has 3 heteroatoms. The SMILES string of the molecule is C[C@H](NC[C@H]1CCCN(C)C1)c1ccccn1. The van der Waals surface area contributed by atoms with E-state index in [0.717, 1.165) is 18.2 Å². The van der Waals surface area contributed by atoms with Gasteiger partial charge in [0.1, 0.15) is 0 Å². The van der Waals surface area contributed by atoms with E-state index in [4.69, 9.17) is 0 Å². The fraction of sp³-hybridized carbons (Fsp3) is 0.643. The largest absolute Gasteiger partial charge is 0.309 e. The van der Waals surface area contributed by atoms with Crippen LogP contribution in [0.15, 0.2) is 24.4 Å². The molecule has 0 aliphatic carbocycles. The Balaban J connectivity index is 1.78. The average molecular weight is 233 g/mol. The van der Waals surface area contributed by atoms with Crippen LogP contribution in [-0.2, 0) is 0 Å². The van der Waals surface area contributed by atoms with Crippen LogP contribution < -0.4 is 5.32 Å². The molecule has 1 aliphatic rings. The summed E-state index contributed by atoms with van der Waals surface area (Å²) in [6.07, 6.45) is 4.55. The number of nitrogens with one attached hydrogen (secondary N) is 1. The average Bonchev–Trinajstić information content (AvgIpc) is 2.37. The van der Waals surface area contributed by atoms with Gasteiger partial charge in [-0.2, -0.15) is 0 Å². The second kappa shape index (κ2) is 6.12. The molecule has 1 fully saturated rings. The summed E-state index contributed by atoms with van der Waals surface area (Å²) in [7, 11) is 2.22. The summed E-state index contributed by atoms with van der Waals surface area (Å²) in [6, 6.07) is 6.45.